The van der Waals surface area contributed by atoms with E-state index in [0.29, 0.717) is 24.2 Å². The lowest BCUT2D eigenvalue weighted by atomic mass is 10.1. The van der Waals surface area contributed by atoms with Crippen molar-refractivity contribution in [3.05, 3.63) is 60.3 Å². The maximum atomic E-state index is 13.2. The summed E-state index contributed by atoms with van der Waals surface area (Å²) in [7, 11) is -2.21. The summed E-state index contributed by atoms with van der Waals surface area (Å²) >= 11 is 0. The van der Waals surface area contributed by atoms with Crippen molar-refractivity contribution in [3.63, 3.8) is 0 Å². The van der Waals surface area contributed by atoms with Gasteiger partial charge in [-0.15, -0.1) is 0 Å². The van der Waals surface area contributed by atoms with Crippen molar-refractivity contribution in [2.45, 2.75) is 37.7 Å². The third-order valence-electron chi connectivity index (χ3n) is 4.42. The Hall–Kier alpha value is -3.00. The molecule has 3 rings (SSSR count). The predicted molar refractivity (Wildman–Crippen MR) is 115 cm³/mol. The molecule has 0 unspecified atom stereocenters. The van der Waals surface area contributed by atoms with E-state index in [2.05, 4.69) is 5.32 Å². The van der Waals surface area contributed by atoms with E-state index in [1.807, 2.05) is 0 Å². The van der Waals surface area contributed by atoms with Crippen LogP contribution in [0.4, 0.5) is 4.79 Å². The van der Waals surface area contributed by atoms with Gasteiger partial charge in [-0.2, -0.15) is 0 Å². The monoisotopic (exact) mass is 430 g/mol. The summed E-state index contributed by atoms with van der Waals surface area (Å²) in [5.41, 5.74) is 0.739. The number of ether oxygens (including phenoxy) is 2. The number of benzene rings is 2. The highest BCUT2D eigenvalue weighted by atomic mass is 32.2. The first-order valence-corrected chi connectivity index (χ1v) is 11.0. The Morgan fingerprint density at radius 1 is 1.10 bits per heavy atom. The number of rotatable bonds is 6. The quantitative estimate of drug-likeness (QED) is 0.640. The zero-order valence-electron chi connectivity index (χ0n) is 17.5. The van der Waals surface area contributed by atoms with Crippen LogP contribution in [-0.4, -0.2) is 37.7 Å². The molecule has 1 heterocycles. The minimum absolute atomic E-state index is 0.205. The summed E-state index contributed by atoms with van der Waals surface area (Å²) in [6.07, 6.45) is 1.52. The Balaban J connectivity index is 1.94. The average molecular weight is 431 g/mol. The number of methoxy groups -OCH3 is 1. The van der Waals surface area contributed by atoms with Crippen LogP contribution in [0.15, 0.2) is 59.6 Å². The minimum Gasteiger partial charge on any atom is -0.497 e. The molecule has 0 saturated carbocycles. The number of hydrogen-bond acceptors (Lipinski definition) is 5. The van der Waals surface area contributed by atoms with Gasteiger partial charge >= 0.3 is 6.09 Å². The molecule has 7 nitrogen and oxygen atoms in total. The average Bonchev–Trinajstić information content (AvgIpc) is 3.06. The summed E-state index contributed by atoms with van der Waals surface area (Å²) in [4.78, 5) is 12.1. The normalized spacial score (nSPS) is 12.0. The molecule has 0 spiro atoms. The fourth-order valence-corrected chi connectivity index (χ4v) is 4.50. The van der Waals surface area contributed by atoms with Gasteiger partial charge in [-0.25, -0.2) is 17.2 Å². The highest BCUT2D eigenvalue weighted by Crippen LogP contribution is 2.29. The first-order chi connectivity index (χ1) is 14.1. The second-order valence-corrected chi connectivity index (χ2v) is 9.64. The number of hydrogen-bond donors (Lipinski definition) is 1. The van der Waals surface area contributed by atoms with Crippen LogP contribution in [0.1, 0.15) is 26.3 Å². The maximum Gasteiger partial charge on any atom is 0.407 e. The van der Waals surface area contributed by atoms with Crippen molar-refractivity contribution < 1.29 is 22.7 Å². The Morgan fingerprint density at radius 2 is 1.80 bits per heavy atom. The first-order valence-electron chi connectivity index (χ1n) is 9.57. The van der Waals surface area contributed by atoms with E-state index >= 15 is 0 Å². The molecular formula is C22H26N2O5S. The van der Waals surface area contributed by atoms with Gasteiger partial charge in [0.05, 0.1) is 17.5 Å². The highest BCUT2D eigenvalue weighted by molar-refractivity contribution is 7.90. The topological polar surface area (TPSA) is 86.6 Å². The van der Waals surface area contributed by atoms with E-state index < -0.39 is 21.7 Å². The van der Waals surface area contributed by atoms with E-state index in [9.17, 15) is 13.2 Å². The molecule has 0 aliphatic rings. The van der Waals surface area contributed by atoms with Gasteiger partial charge in [0.15, 0.2) is 0 Å². The molecule has 8 heteroatoms. The fourth-order valence-electron chi connectivity index (χ4n) is 3.09. The zero-order valence-corrected chi connectivity index (χ0v) is 18.3. The molecule has 160 valence electrons. The SMILES string of the molecule is COc1ccc2c(c1)c(CCNC(=O)OC(C)(C)C)cn2S(=O)(=O)c1ccccc1. The lowest BCUT2D eigenvalue weighted by Crippen LogP contribution is -2.33. The molecule has 30 heavy (non-hydrogen) atoms. The van der Waals surface area contributed by atoms with Crippen molar-refractivity contribution in [1.82, 2.24) is 9.29 Å². The summed E-state index contributed by atoms with van der Waals surface area (Å²) in [5, 5.41) is 3.46. The third kappa shape index (κ3) is 4.76. The molecule has 1 N–H and O–H groups in total. The van der Waals surface area contributed by atoms with Crippen LogP contribution in [0.3, 0.4) is 0 Å². The number of nitrogens with one attached hydrogen (secondary N) is 1. The van der Waals surface area contributed by atoms with Gasteiger partial charge in [-0.3, -0.25) is 0 Å². The van der Waals surface area contributed by atoms with Crippen LogP contribution in [0.2, 0.25) is 0 Å². The van der Waals surface area contributed by atoms with Crippen LogP contribution >= 0.6 is 0 Å². The van der Waals surface area contributed by atoms with Crippen LogP contribution < -0.4 is 10.1 Å². The number of nitrogens with zero attached hydrogens (tertiary/aromatic N) is 1. The first kappa shape index (κ1) is 21.7. The van der Waals surface area contributed by atoms with Gasteiger partial charge in [-0.1, -0.05) is 18.2 Å². The van der Waals surface area contributed by atoms with Crippen molar-refractivity contribution in [2.75, 3.05) is 13.7 Å². The van der Waals surface area contributed by atoms with E-state index in [1.165, 1.54) is 3.97 Å². The van der Waals surface area contributed by atoms with Gasteiger partial charge in [0.2, 0.25) is 0 Å². The predicted octanol–water partition coefficient (Wildman–Crippen LogP) is 3.95. The number of aromatic nitrogens is 1. The Kier molecular flexibility index (Phi) is 6.07. The van der Waals surface area contributed by atoms with Crippen LogP contribution in [0.25, 0.3) is 10.9 Å². The summed E-state index contributed by atoms with van der Waals surface area (Å²) in [6, 6.07) is 13.5. The minimum atomic E-state index is -3.77. The molecule has 2 aromatic carbocycles. The third-order valence-corrected chi connectivity index (χ3v) is 6.11. The van der Waals surface area contributed by atoms with Crippen molar-refractivity contribution in [3.8, 4) is 5.75 Å². The smallest absolute Gasteiger partial charge is 0.407 e. The lowest BCUT2D eigenvalue weighted by molar-refractivity contribution is 0.0528. The largest absolute Gasteiger partial charge is 0.497 e. The van der Waals surface area contributed by atoms with Gasteiger partial charge < -0.3 is 14.8 Å². The summed E-state index contributed by atoms with van der Waals surface area (Å²) in [6.45, 7) is 5.68. The van der Waals surface area contributed by atoms with Gasteiger partial charge in [0.1, 0.15) is 11.4 Å². The van der Waals surface area contributed by atoms with Crippen LogP contribution in [-0.2, 0) is 21.2 Å². The zero-order chi connectivity index (χ0) is 21.9. The van der Waals surface area contributed by atoms with E-state index in [-0.39, 0.29) is 4.90 Å². The fraction of sp³-hybridized carbons (Fsp3) is 0.318. The van der Waals surface area contributed by atoms with E-state index in [0.717, 1.165) is 10.9 Å². The van der Waals surface area contributed by atoms with Gasteiger partial charge in [0.25, 0.3) is 10.0 Å². The number of alkyl carbamates (subject to hydrolysis) is 1. The molecule has 1 aromatic heterocycles. The molecule has 3 aromatic rings. The number of carbonyl (C=O) groups excluding carboxylic acids is 1. The summed E-state index contributed by atoms with van der Waals surface area (Å²) in [5.74, 6) is 0.624. The molecule has 0 fully saturated rings. The highest BCUT2D eigenvalue weighted by Gasteiger charge is 2.22. The Bertz CT molecular complexity index is 1150. The van der Waals surface area contributed by atoms with E-state index in [4.69, 9.17) is 9.47 Å². The maximum absolute atomic E-state index is 13.2. The van der Waals surface area contributed by atoms with Crippen LogP contribution in [0.5, 0.6) is 5.75 Å². The number of amides is 1. The second kappa shape index (κ2) is 8.39. The van der Waals surface area contributed by atoms with Gasteiger partial charge in [-0.05, 0) is 63.1 Å². The summed E-state index contributed by atoms with van der Waals surface area (Å²) < 4.78 is 38.2. The molecular weight excluding hydrogens is 404 g/mol. The molecule has 0 saturated heterocycles. The molecule has 0 radical (unpaired) electrons. The van der Waals surface area contributed by atoms with E-state index in [1.54, 1.807) is 82.6 Å². The standard InChI is InChI=1S/C22H26N2O5S/c1-22(2,3)29-21(25)23-13-12-16-15-24(20-11-10-17(28-4)14-19(16)20)30(26,27)18-8-6-5-7-9-18/h5-11,14-15H,12-13H2,1-4H3,(H,23,25). The van der Waals surface area contributed by atoms with Crippen molar-refractivity contribution in [2.24, 2.45) is 0 Å². The van der Waals surface area contributed by atoms with Crippen molar-refractivity contribution in [1.29, 1.82) is 0 Å². The molecule has 1 amide bonds. The molecule has 0 atom stereocenters. The van der Waals surface area contributed by atoms with Gasteiger partial charge in [0, 0.05) is 18.1 Å². The Morgan fingerprint density at radius 3 is 2.43 bits per heavy atom. The molecule has 0 aliphatic carbocycles. The number of fused-ring (bicyclic) bond motifs is 1. The lowest BCUT2D eigenvalue weighted by Gasteiger charge is -2.19. The van der Waals surface area contributed by atoms with Crippen molar-refractivity contribution >= 4 is 27.0 Å². The molecule has 0 bridgehead atoms. The van der Waals surface area contributed by atoms with Crippen LogP contribution in [0, 0.1) is 0 Å². The Labute approximate surface area is 176 Å². The number of carbonyl (C=O) groups is 1. The second-order valence-electron chi connectivity index (χ2n) is 7.83. The molecule has 0 aliphatic heterocycles.